The molecule has 0 aromatic rings. The van der Waals surface area contributed by atoms with Gasteiger partial charge in [0.05, 0.1) is 13.2 Å². The molecular weight excluding hydrogens is 162 g/mol. The van der Waals surface area contributed by atoms with Gasteiger partial charge >= 0.3 is 0 Å². The van der Waals surface area contributed by atoms with Gasteiger partial charge in [-0.05, 0) is 18.6 Å². The predicted molar refractivity (Wildman–Crippen MR) is 55.5 cm³/mol. The first-order chi connectivity index (χ1) is 6.24. The van der Waals surface area contributed by atoms with E-state index in [9.17, 15) is 0 Å². The fraction of sp³-hybridized carbons (Fsp3) is 0.455. The van der Waals surface area contributed by atoms with Gasteiger partial charge in [-0.1, -0.05) is 19.2 Å². The zero-order valence-electron chi connectivity index (χ0n) is 8.25. The van der Waals surface area contributed by atoms with E-state index in [1.807, 2.05) is 13.0 Å². The molecule has 0 unspecified atom stereocenters. The van der Waals surface area contributed by atoms with Crippen LogP contribution in [0.4, 0.5) is 0 Å². The second-order valence-electron chi connectivity index (χ2n) is 3.18. The summed E-state index contributed by atoms with van der Waals surface area (Å²) in [4.78, 5) is 2.23. The predicted octanol–water partition coefficient (Wildman–Crippen LogP) is 1.96. The highest BCUT2D eigenvalue weighted by Gasteiger charge is 2.09. The highest BCUT2D eigenvalue weighted by Crippen LogP contribution is 2.09. The summed E-state index contributed by atoms with van der Waals surface area (Å²) >= 11 is 0. The maximum Gasteiger partial charge on any atom is 0.0642 e. The first kappa shape index (κ1) is 10.1. The molecule has 0 spiro atoms. The quantitative estimate of drug-likeness (QED) is 0.614. The molecule has 1 aliphatic heterocycles. The molecule has 2 nitrogen and oxygen atoms in total. The Balaban J connectivity index is 2.50. The molecule has 1 aliphatic rings. The first-order valence-electron chi connectivity index (χ1n) is 4.56. The summed E-state index contributed by atoms with van der Waals surface area (Å²) < 4.78 is 5.26. The Labute approximate surface area is 80.2 Å². The molecule has 1 fully saturated rings. The van der Waals surface area contributed by atoms with Crippen molar-refractivity contribution < 1.29 is 4.74 Å². The third-order valence-electron chi connectivity index (χ3n) is 2.13. The van der Waals surface area contributed by atoms with Gasteiger partial charge in [-0.15, -0.1) is 0 Å². The van der Waals surface area contributed by atoms with Crippen molar-refractivity contribution in [3.63, 3.8) is 0 Å². The van der Waals surface area contributed by atoms with E-state index in [0.717, 1.165) is 37.6 Å². The van der Waals surface area contributed by atoms with Crippen LogP contribution in [0.25, 0.3) is 0 Å². The van der Waals surface area contributed by atoms with Crippen molar-refractivity contribution in [3.05, 3.63) is 36.6 Å². The Morgan fingerprint density at radius 1 is 1.38 bits per heavy atom. The number of rotatable bonds is 3. The van der Waals surface area contributed by atoms with Gasteiger partial charge in [0, 0.05) is 18.8 Å². The number of hydrogen-bond donors (Lipinski definition) is 0. The Morgan fingerprint density at radius 3 is 2.54 bits per heavy atom. The fourth-order valence-electron chi connectivity index (χ4n) is 1.26. The van der Waals surface area contributed by atoms with E-state index in [4.69, 9.17) is 4.74 Å². The summed E-state index contributed by atoms with van der Waals surface area (Å²) in [5.74, 6) is 0. The van der Waals surface area contributed by atoms with Gasteiger partial charge in [-0.25, -0.2) is 0 Å². The number of hydrogen-bond acceptors (Lipinski definition) is 2. The van der Waals surface area contributed by atoms with Crippen LogP contribution in [0.3, 0.4) is 0 Å². The minimum absolute atomic E-state index is 0.806. The standard InChI is InChI=1S/C11H17NO/c1-4-10(2)9-11(3)12-5-7-13-8-6-12/h4,9H,1,3,5-8H2,2H3/b10-9+. The van der Waals surface area contributed by atoms with Gasteiger partial charge in [0.1, 0.15) is 0 Å². The second-order valence-corrected chi connectivity index (χ2v) is 3.18. The second kappa shape index (κ2) is 4.87. The Bertz CT molecular complexity index is 224. The van der Waals surface area contributed by atoms with Crippen molar-refractivity contribution in [3.8, 4) is 0 Å². The third-order valence-corrected chi connectivity index (χ3v) is 2.13. The molecule has 0 amide bonds. The van der Waals surface area contributed by atoms with Crippen LogP contribution < -0.4 is 0 Å². The lowest BCUT2D eigenvalue weighted by Gasteiger charge is -2.29. The lowest BCUT2D eigenvalue weighted by molar-refractivity contribution is 0.0556. The highest BCUT2D eigenvalue weighted by molar-refractivity contribution is 5.25. The number of ether oxygens (including phenoxy) is 1. The van der Waals surface area contributed by atoms with Crippen molar-refractivity contribution in [1.82, 2.24) is 4.90 Å². The van der Waals surface area contributed by atoms with E-state index in [0.29, 0.717) is 0 Å². The molecule has 0 bridgehead atoms. The van der Waals surface area contributed by atoms with Crippen LogP contribution in [0.2, 0.25) is 0 Å². The molecule has 1 saturated heterocycles. The summed E-state index contributed by atoms with van der Waals surface area (Å²) in [5, 5.41) is 0. The van der Waals surface area contributed by atoms with E-state index in [2.05, 4.69) is 24.1 Å². The van der Waals surface area contributed by atoms with Gasteiger partial charge in [0.2, 0.25) is 0 Å². The van der Waals surface area contributed by atoms with Gasteiger partial charge in [0.15, 0.2) is 0 Å². The molecule has 0 atom stereocenters. The third kappa shape index (κ3) is 3.07. The molecule has 0 aromatic heterocycles. The lowest BCUT2D eigenvalue weighted by Crippen LogP contribution is -2.34. The molecule has 1 heterocycles. The smallest absolute Gasteiger partial charge is 0.0642 e. The van der Waals surface area contributed by atoms with E-state index >= 15 is 0 Å². The average Bonchev–Trinajstić information content (AvgIpc) is 2.19. The fourth-order valence-corrected chi connectivity index (χ4v) is 1.26. The molecule has 2 heteroatoms. The highest BCUT2D eigenvalue weighted by atomic mass is 16.5. The van der Waals surface area contributed by atoms with Crippen molar-refractivity contribution in [2.75, 3.05) is 26.3 Å². The topological polar surface area (TPSA) is 12.5 Å². The van der Waals surface area contributed by atoms with Crippen molar-refractivity contribution in [2.24, 2.45) is 0 Å². The van der Waals surface area contributed by atoms with Crippen LogP contribution in [0.15, 0.2) is 36.6 Å². The van der Waals surface area contributed by atoms with E-state index in [1.165, 1.54) is 0 Å². The largest absolute Gasteiger partial charge is 0.378 e. The molecule has 13 heavy (non-hydrogen) atoms. The van der Waals surface area contributed by atoms with Gasteiger partial charge in [-0.3, -0.25) is 0 Å². The van der Waals surface area contributed by atoms with Crippen LogP contribution >= 0.6 is 0 Å². The summed E-state index contributed by atoms with van der Waals surface area (Å²) in [5.41, 5.74) is 2.21. The minimum atomic E-state index is 0.806. The lowest BCUT2D eigenvalue weighted by atomic mass is 10.2. The summed E-state index contributed by atoms with van der Waals surface area (Å²) in [6, 6.07) is 0. The van der Waals surface area contributed by atoms with Crippen molar-refractivity contribution >= 4 is 0 Å². The van der Waals surface area contributed by atoms with Crippen LogP contribution in [-0.4, -0.2) is 31.2 Å². The van der Waals surface area contributed by atoms with E-state index in [1.54, 1.807) is 0 Å². The van der Waals surface area contributed by atoms with E-state index < -0.39 is 0 Å². The monoisotopic (exact) mass is 179 g/mol. The summed E-state index contributed by atoms with van der Waals surface area (Å²) in [6.45, 7) is 13.2. The molecular formula is C11H17NO. The van der Waals surface area contributed by atoms with E-state index in [-0.39, 0.29) is 0 Å². The molecule has 0 aliphatic carbocycles. The summed E-state index contributed by atoms with van der Waals surface area (Å²) in [6.07, 6.45) is 3.89. The molecule has 72 valence electrons. The Morgan fingerprint density at radius 2 is 2.00 bits per heavy atom. The zero-order valence-corrected chi connectivity index (χ0v) is 8.25. The number of allylic oxidation sites excluding steroid dienone is 3. The van der Waals surface area contributed by atoms with Gasteiger partial charge < -0.3 is 9.64 Å². The average molecular weight is 179 g/mol. The Hall–Kier alpha value is -1.02. The van der Waals surface area contributed by atoms with Crippen molar-refractivity contribution in [2.45, 2.75) is 6.92 Å². The molecule has 0 saturated carbocycles. The van der Waals surface area contributed by atoms with Crippen LogP contribution in [0.1, 0.15) is 6.92 Å². The maximum atomic E-state index is 5.26. The first-order valence-corrected chi connectivity index (χ1v) is 4.56. The summed E-state index contributed by atoms with van der Waals surface area (Å²) in [7, 11) is 0. The molecule has 0 N–H and O–H groups in total. The minimum Gasteiger partial charge on any atom is -0.378 e. The van der Waals surface area contributed by atoms with Crippen molar-refractivity contribution in [1.29, 1.82) is 0 Å². The molecule has 0 radical (unpaired) electrons. The van der Waals surface area contributed by atoms with Crippen LogP contribution in [0.5, 0.6) is 0 Å². The SMILES string of the molecule is C=C/C(C)=C/C(=C)N1CCOCC1. The van der Waals surface area contributed by atoms with Gasteiger partial charge in [-0.2, -0.15) is 0 Å². The maximum absolute atomic E-state index is 5.26. The normalized spacial score (nSPS) is 18.5. The molecule has 0 aromatic carbocycles. The van der Waals surface area contributed by atoms with Gasteiger partial charge in [0.25, 0.3) is 0 Å². The molecule has 1 rings (SSSR count). The Kier molecular flexibility index (Phi) is 3.77. The number of nitrogens with zero attached hydrogens (tertiary/aromatic N) is 1. The van der Waals surface area contributed by atoms with Crippen LogP contribution in [0, 0.1) is 0 Å². The number of morpholine rings is 1. The van der Waals surface area contributed by atoms with Crippen LogP contribution in [-0.2, 0) is 4.74 Å². The zero-order chi connectivity index (χ0) is 9.68.